The predicted molar refractivity (Wildman–Crippen MR) is 113 cm³/mol. The average molecular weight is 402 g/mol. The van der Waals surface area contributed by atoms with Gasteiger partial charge in [0.1, 0.15) is 0 Å². The Labute approximate surface area is 172 Å². The van der Waals surface area contributed by atoms with Gasteiger partial charge in [0.25, 0.3) is 0 Å². The fraction of sp³-hybridized carbons (Fsp3) is 0.429. The van der Waals surface area contributed by atoms with Crippen molar-refractivity contribution in [3.63, 3.8) is 0 Å². The van der Waals surface area contributed by atoms with Crippen molar-refractivity contribution in [3.05, 3.63) is 54.7 Å². The smallest absolute Gasteiger partial charge is 0.0954 e. The van der Waals surface area contributed by atoms with Crippen molar-refractivity contribution in [2.75, 3.05) is 32.8 Å². The Hall–Kier alpha value is -2.15. The molecule has 0 aliphatic carbocycles. The van der Waals surface area contributed by atoms with Crippen molar-refractivity contribution >= 4 is 12.4 Å². The standard InChI is InChI=1S/C21H27N5O.ClH/c1-3-19(15-24-8-10-27-11-9-24)25-16-22-13-21(25)18-12-23-26(14-18)20-6-4-17(2)5-7-20;/h4-7,12-14,16,19H,3,8-11,15H2,1-2H3;1H. The van der Waals surface area contributed by atoms with Crippen LogP contribution in [0.3, 0.4) is 0 Å². The number of aryl methyl sites for hydroxylation is 1. The van der Waals surface area contributed by atoms with Gasteiger partial charge in [-0.15, -0.1) is 12.4 Å². The molecule has 150 valence electrons. The summed E-state index contributed by atoms with van der Waals surface area (Å²) in [6.07, 6.45) is 8.97. The maximum Gasteiger partial charge on any atom is 0.0954 e. The first-order chi connectivity index (χ1) is 13.2. The Kier molecular flexibility index (Phi) is 6.88. The summed E-state index contributed by atoms with van der Waals surface area (Å²) < 4.78 is 9.70. The van der Waals surface area contributed by atoms with Crippen LogP contribution in [-0.2, 0) is 4.74 Å². The Morgan fingerprint density at radius 2 is 1.86 bits per heavy atom. The molecule has 1 saturated heterocycles. The van der Waals surface area contributed by atoms with E-state index in [0.717, 1.165) is 56.2 Å². The first-order valence-corrected chi connectivity index (χ1v) is 9.68. The zero-order valence-corrected chi connectivity index (χ0v) is 17.3. The number of halogens is 1. The molecule has 3 aromatic rings. The van der Waals surface area contributed by atoms with Crippen LogP contribution in [0.5, 0.6) is 0 Å². The van der Waals surface area contributed by atoms with Gasteiger partial charge in [-0.2, -0.15) is 5.10 Å². The third-order valence-corrected chi connectivity index (χ3v) is 5.28. The van der Waals surface area contributed by atoms with Crippen molar-refractivity contribution in [1.82, 2.24) is 24.2 Å². The van der Waals surface area contributed by atoms with Crippen LogP contribution in [0.15, 0.2) is 49.2 Å². The lowest BCUT2D eigenvalue weighted by molar-refractivity contribution is 0.0313. The summed E-state index contributed by atoms with van der Waals surface area (Å²) in [5.74, 6) is 0. The fourth-order valence-electron chi connectivity index (χ4n) is 3.61. The molecule has 6 nitrogen and oxygen atoms in total. The minimum Gasteiger partial charge on any atom is -0.379 e. The van der Waals surface area contributed by atoms with Gasteiger partial charge in [-0.25, -0.2) is 9.67 Å². The molecule has 28 heavy (non-hydrogen) atoms. The van der Waals surface area contributed by atoms with Gasteiger partial charge >= 0.3 is 0 Å². The van der Waals surface area contributed by atoms with Crippen molar-refractivity contribution in [2.24, 2.45) is 0 Å². The van der Waals surface area contributed by atoms with Gasteiger partial charge < -0.3 is 9.30 Å². The number of ether oxygens (including phenoxy) is 1. The second kappa shape index (κ2) is 9.37. The van der Waals surface area contributed by atoms with E-state index in [1.54, 1.807) is 0 Å². The summed E-state index contributed by atoms with van der Waals surface area (Å²) >= 11 is 0. The third kappa shape index (κ3) is 4.46. The molecule has 1 aliphatic rings. The lowest BCUT2D eigenvalue weighted by Crippen LogP contribution is -2.39. The van der Waals surface area contributed by atoms with Crippen LogP contribution in [0.25, 0.3) is 16.9 Å². The van der Waals surface area contributed by atoms with Gasteiger partial charge in [0.15, 0.2) is 0 Å². The van der Waals surface area contributed by atoms with Gasteiger partial charge in [0.2, 0.25) is 0 Å². The average Bonchev–Trinajstić information content (AvgIpc) is 3.37. The molecule has 1 aliphatic heterocycles. The molecule has 0 saturated carbocycles. The molecule has 0 N–H and O–H groups in total. The number of benzene rings is 1. The summed E-state index contributed by atoms with van der Waals surface area (Å²) in [7, 11) is 0. The second-order valence-corrected chi connectivity index (χ2v) is 7.17. The molecule has 0 radical (unpaired) electrons. The van der Waals surface area contributed by atoms with E-state index in [0.29, 0.717) is 6.04 Å². The van der Waals surface area contributed by atoms with E-state index in [9.17, 15) is 0 Å². The lowest BCUT2D eigenvalue weighted by atomic mass is 10.1. The van der Waals surface area contributed by atoms with Gasteiger partial charge in [-0.05, 0) is 25.5 Å². The van der Waals surface area contributed by atoms with E-state index in [1.165, 1.54) is 5.56 Å². The third-order valence-electron chi connectivity index (χ3n) is 5.28. The fourth-order valence-corrected chi connectivity index (χ4v) is 3.61. The molecule has 0 spiro atoms. The van der Waals surface area contributed by atoms with Crippen molar-refractivity contribution < 1.29 is 4.74 Å². The molecule has 7 heteroatoms. The molecule has 0 bridgehead atoms. The van der Waals surface area contributed by atoms with Crippen LogP contribution in [-0.4, -0.2) is 57.1 Å². The first kappa shape index (κ1) is 20.6. The summed E-state index contributed by atoms with van der Waals surface area (Å²) in [6, 6.07) is 8.79. The summed E-state index contributed by atoms with van der Waals surface area (Å²) in [4.78, 5) is 6.92. The molecule has 4 rings (SSSR count). The Morgan fingerprint density at radius 1 is 1.11 bits per heavy atom. The molecule has 1 atom stereocenters. The molecule has 1 aromatic carbocycles. The largest absolute Gasteiger partial charge is 0.379 e. The van der Waals surface area contributed by atoms with Crippen molar-refractivity contribution in [3.8, 4) is 16.9 Å². The van der Waals surface area contributed by atoms with Crippen LogP contribution < -0.4 is 0 Å². The van der Waals surface area contributed by atoms with Crippen LogP contribution >= 0.6 is 12.4 Å². The number of imidazole rings is 1. The second-order valence-electron chi connectivity index (χ2n) is 7.17. The molecule has 3 heterocycles. The normalized spacial score (nSPS) is 15.9. The first-order valence-electron chi connectivity index (χ1n) is 9.68. The van der Waals surface area contributed by atoms with E-state index < -0.39 is 0 Å². The van der Waals surface area contributed by atoms with Gasteiger partial charge in [0.05, 0.1) is 43.3 Å². The quantitative estimate of drug-likeness (QED) is 0.631. The van der Waals surface area contributed by atoms with E-state index in [4.69, 9.17) is 4.74 Å². The molecule has 1 unspecified atom stereocenters. The van der Waals surface area contributed by atoms with Crippen molar-refractivity contribution in [1.29, 1.82) is 0 Å². The zero-order chi connectivity index (χ0) is 18.6. The highest BCUT2D eigenvalue weighted by Crippen LogP contribution is 2.25. The number of hydrogen-bond donors (Lipinski definition) is 0. The number of aromatic nitrogens is 4. The predicted octanol–water partition coefficient (Wildman–Crippen LogP) is 3.75. The SMILES string of the molecule is CCC(CN1CCOCC1)n1cncc1-c1cnn(-c2ccc(C)cc2)c1.Cl. The highest BCUT2D eigenvalue weighted by molar-refractivity contribution is 5.85. The van der Waals surface area contributed by atoms with Crippen molar-refractivity contribution in [2.45, 2.75) is 26.3 Å². The number of morpholine rings is 1. The van der Waals surface area contributed by atoms with Gasteiger partial charge in [-0.3, -0.25) is 4.90 Å². The Balaban J connectivity index is 0.00000225. The monoisotopic (exact) mass is 401 g/mol. The van der Waals surface area contributed by atoms with Gasteiger partial charge in [0, 0.05) is 37.4 Å². The number of hydrogen-bond acceptors (Lipinski definition) is 4. The summed E-state index contributed by atoms with van der Waals surface area (Å²) in [5.41, 5.74) is 4.53. The maximum absolute atomic E-state index is 5.48. The lowest BCUT2D eigenvalue weighted by Gasteiger charge is -2.31. The molecular weight excluding hydrogens is 374 g/mol. The summed E-state index contributed by atoms with van der Waals surface area (Å²) in [5, 5.41) is 4.56. The zero-order valence-electron chi connectivity index (χ0n) is 16.5. The van der Waals surface area contributed by atoms with Crippen LogP contribution in [0, 0.1) is 6.92 Å². The Morgan fingerprint density at radius 3 is 2.57 bits per heavy atom. The van der Waals surface area contributed by atoms with Crippen LogP contribution in [0.1, 0.15) is 24.9 Å². The Bertz CT molecular complexity index is 867. The van der Waals surface area contributed by atoms with E-state index in [-0.39, 0.29) is 12.4 Å². The minimum atomic E-state index is 0. The topological polar surface area (TPSA) is 48.1 Å². The summed E-state index contributed by atoms with van der Waals surface area (Å²) in [6.45, 7) is 9.03. The molecule has 2 aromatic heterocycles. The van der Waals surface area contributed by atoms with Gasteiger partial charge in [-0.1, -0.05) is 24.6 Å². The highest BCUT2D eigenvalue weighted by Gasteiger charge is 2.20. The van der Waals surface area contributed by atoms with E-state index >= 15 is 0 Å². The minimum absolute atomic E-state index is 0. The highest BCUT2D eigenvalue weighted by atomic mass is 35.5. The van der Waals surface area contributed by atoms with Crippen LogP contribution in [0.2, 0.25) is 0 Å². The van der Waals surface area contributed by atoms with E-state index in [2.05, 4.69) is 63.9 Å². The number of rotatable bonds is 6. The molecule has 1 fully saturated rings. The number of nitrogens with zero attached hydrogens (tertiary/aromatic N) is 5. The molecular formula is C21H28ClN5O. The molecule has 0 amide bonds. The maximum atomic E-state index is 5.48. The van der Waals surface area contributed by atoms with Crippen LogP contribution in [0.4, 0.5) is 0 Å². The van der Waals surface area contributed by atoms with E-state index in [1.807, 2.05) is 23.4 Å².